The van der Waals surface area contributed by atoms with Crippen LogP contribution < -0.4 is 10.6 Å². The van der Waals surface area contributed by atoms with Gasteiger partial charge in [-0.2, -0.15) is 0 Å². The largest absolute Gasteiger partial charge is 0.480 e. The van der Waals surface area contributed by atoms with Gasteiger partial charge in [0.15, 0.2) is 5.78 Å². The molecule has 2 aliphatic rings. The molecule has 0 bridgehead atoms. The molecule has 4 aromatic rings. The summed E-state index contributed by atoms with van der Waals surface area (Å²) in [6.45, 7) is 3.88. The number of unbranched alkanes of at least 4 members (excludes halogenated alkanes) is 1. The Bertz CT molecular complexity index is 1930. The molecule has 2 fully saturated rings. The number of Topliss-reactive ketones (excluding diaryl/α,β-unsaturated/α-hetero) is 1. The third kappa shape index (κ3) is 8.58. The van der Waals surface area contributed by atoms with Crippen LogP contribution in [0.5, 0.6) is 0 Å². The number of nitrogens with zero attached hydrogens (tertiary/aromatic N) is 2. The van der Waals surface area contributed by atoms with Crippen molar-refractivity contribution in [1.82, 2.24) is 15.3 Å². The number of aliphatic hydroxyl groups excluding tert-OH is 2. The van der Waals surface area contributed by atoms with Gasteiger partial charge in [0.25, 0.3) is 5.91 Å². The van der Waals surface area contributed by atoms with Crippen molar-refractivity contribution in [3.63, 3.8) is 0 Å². The molecule has 2 aromatic heterocycles. The van der Waals surface area contributed by atoms with Crippen LogP contribution in [0.3, 0.4) is 0 Å². The Balaban J connectivity index is 1.18. The number of hydrogen-bond donors (Lipinski definition) is 5. The molecule has 0 spiro atoms. The predicted octanol–water partition coefficient (Wildman–Crippen LogP) is 6.04. The molecule has 2 aliphatic carbocycles. The van der Waals surface area contributed by atoms with Crippen LogP contribution in [0, 0.1) is 13.8 Å². The molecule has 0 aliphatic heterocycles. The number of carbonyl (C=O) groups excluding carboxylic acids is 2. The van der Waals surface area contributed by atoms with E-state index in [-0.39, 0.29) is 31.3 Å². The van der Waals surface area contributed by atoms with Gasteiger partial charge < -0.3 is 20.6 Å². The fraction of sp³-hybridized carbons (Fsp3) is 0.390. The molecule has 1 atom stereocenters. The molecule has 0 unspecified atom stereocenters. The van der Waals surface area contributed by atoms with E-state index in [0.717, 1.165) is 89.5 Å². The van der Waals surface area contributed by atoms with Crippen LogP contribution in [-0.4, -0.2) is 62.2 Å². The van der Waals surface area contributed by atoms with Gasteiger partial charge in [-0.05, 0) is 139 Å². The number of benzene rings is 2. The average molecular weight is 691 g/mol. The number of amides is 1. The third-order valence-corrected chi connectivity index (χ3v) is 10.1. The molecule has 6 rings (SSSR count). The van der Waals surface area contributed by atoms with Crippen LogP contribution in [-0.2, 0) is 24.2 Å². The smallest absolute Gasteiger partial charge is 0.323 e. The highest BCUT2D eigenvalue weighted by Crippen LogP contribution is 2.43. The van der Waals surface area contributed by atoms with E-state index >= 15 is 0 Å². The van der Waals surface area contributed by atoms with Gasteiger partial charge in [-0.1, -0.05) is 30.3 Å². The van der Waals surface area contributed by atoms with Crippen LogP contribution in [0.1, 0.15) is 110 Å². The molecular weight excluding hydrogens is 644 g/mol. The van der Waals surface area contributed by atoms with Crippen LogP contribution in [0.15, 0.2) is 60.9 Å². The zero-order valence-corrected chi connectivity index (χ0v) is 29.2. The summed E-state index contributed by atoms with van der Waals surface area (Å²) in [5.41, 5.74) is 10.3. The van der Waals surface area contributed by atoms with Crippen LogP contribution in [0.4, 0.5) is 5.69 Å². The number of anilines is 1. The molecule has 0 radical (unpaired) electrons. The molecule has 5 N–H and O–H groups in total. The topological polar surface area (TPSA) is 162 Å². The molecule has 2 heterocycles. The maximum absolute atomic E-state index is 13.6. The van der Waals surface area contributed by atoms with E-state index in [9.17, 15) is 29.7 Å². The van der Waals surface area contributed by atoms with E-state index in [1.165, 1.54) is 5.56 Å². The molecule has 2 aromatic carbocycles. The Morgan fingerprint density at radius 3 is 2.10 bits per heavy atom. The van der Waals surface area contributed by atoms with Gasteiger partial charge in [-0.15, -0.1) is 0 Å². The molecular formula is C41H46N4O6. The first-order valence-corrected chi connectivity index (χ1v) is 17.9. The Hall–Kier alpha value is -4.77. The van der Waals surface area contributed by atoms with Crippen molar-refractivity contribution in [1.29, 1.82) is 0 Å². The Morgan fingerprint density at radius 2 is 1.43 bits per heavy atom. The number of rotatable bonds is 17. The summed E-state index contributed by atoms with van der Waals surface area (Å²) in [5.74, 6) is -0.704. The quantitative estimate of drug-likeness (QED) is 0.0657. The Morgan fingerprint density at radius 1 is 0.804 bits per heavy atom. The third-order valence-electron chi connectivity index (χ3n) is 10.1. The van der Waals surface area contributed by atoms with E-state index in [0.29, 0.717) is 28.9 Å². The minimum absolute atomic E-state index is 0.106. The predicted molar refractivity (Wildman–Crippen MR) is 195 cm³/mol. The molecule has 1 amide bonds. The second-order valence-corrected chi connectivity index (χ2v) is 13.8. The number of ketones is 1. The van der Waals surface area contributed by atoms with E-state index in [1.54, 1.807) is 6.20 Å². The van der Waals surface area contributed by atoms with Gasteiger partial charge in [0.2, 0.25) is 0 Å². The Kier molecular flexibility index (Phi) is 11.3. The van der Waals surface area contributed by atoms with Crippen molar-refractivity contribution < 1.29 is 29.7 Å². The number of nitrogens with one attached hydrogen (secondary N) is 2. The van der Waals surface area contributed by atoms with Crippen molar-refractivity contribution in [3.05, 3.63) is 111 Å². The summed E-state index contributed by atoms with van der Waals surface area (Å²) in [6, 6.07) is 14.5. The number of pyridine rings is 2. The zero-order chi connectivity index (χ0) is 36.1. The van der Waals surface area contributed by atoms with Gasteiger partial charge in [0.05, 0.1) is 6.61 Å². The van der Waals surface area contributed by atoms with Gasteiger partial charge in [-0.3, -0.25) is 29.7 Å². The lowest BCUT2D eigenvalue weighted by Crippen LogP contribution is -2.39. The highest BCUT2D eigenvalue weighted by atomic mass is 16.4. The molecule has 10 nitrogen and oxygen atoms in total. The maximum atomic E-state index is 13.6. The zero-order valence-electron chi connectivity index (χ0n) is 29.2. The lowest BCUT2D eigenvalue weighted by Gasteiger charge is -2.17. The fourth-order valence-electron chi connectivity index (χ4n) is 6.75. The summed E-state index contributed by atoms with van der Waals surface area (Å²) in [5, 5.41) is 33.8. The number of carboxylic acid groups (broad SMARTS) is 1. The minimum Gasteiger partial charge on any atom is -0.480 e. The maximum Gasteiger partial charge on any atom is 0.323 e. The number of aryl methyl sites for hydroxylation is 1. The number of carbonyl (C=O) groups is 3. The second-order valence-electron chi connectivity index (χ2n) is 13.8. The van der Waals surface area contributed by atoms with Crippen molar-refractivity contribution >= 4 is 23.3 Å². The van der Waals surface area contributed by atoms with Crippen molar-refractivity contribution in [3.8, 4) is 11.1 Å². The SMILES string of the molecule is Cc1c(CC(=O)c2cc(C3CC3)c(CN[C@H](CO)C(=O)O)cn2)cccc1-c1cccc(NC(=O)c2cc(C3CC3)c(CCCCO)cn2)c1C. The van der Waals surface area contributed by atoms with E-state index in [1.807, 2.05) is 68.6 Å². The second kappa shape index (κ2) is 16.1. The van der Waals surface area contributed by atoms with E-state index < -0.39 is 18.6 Å². The first-order chi connectivity index (χ1) is 24.7. The van der Waals surface area contributed by atoms with Crippen LogP contribution in [0.2, 0.25) is 0 Å². The standard InChI is InChI=1S/C41H46N4O6/c1-24-28(17-39(48)36-18-34(27-14-15-27)30(21-42-36)22-44-38(23-47)41(50)51)8-5-9-31(24)32-10-6-11-35(25(32)2)45-40(49)37-19-33(26-12-13-26)29(20-43-37)7-3-4-16-46/h5-6,8-11,18-21,26-27,38,44,46-47H,3-4,7,12-17,22-23H2,1-2H3,(H,45,49)(H,50,51)/t38-/m1/s1. The summed E-state index contributed by atoms with van der Waals surface area (Å²) in [6.07, 6.45) is 10.4. The lowest BCUT2D eigenvalue weighted by atomic mass is 9.90. The van der Waals surface area contributed by atoms with Gasteiger partial charge >= 0.3 is 5.97 Å². The van der Waals surface area contributed by atoms with Gasteiger partial charge in [0.1, 0.15) is 17.4 Å². The van der Waals surface area contributed by atoms with Crippen molar-refractivity contribution in [2.24, 2.45) is 0 Å². The monoisotopic (exact) mass is 690 g/mol. The lowest BCUT2D eigenvalue weighted by molar-refractivity contribution is -0.140. The van der Waals surface area contributed by atoms with E-state index in [2.05, 4.69) is 20.6 Å². The normalized spacial score (nSPS) is 14.7. The fourth-order valence-corrected chi connectivity index (χ4v) is 6.75. The first kappa shape index (κ1) is 36.0. The summed E-state index contributed by atoms with van der Waals surface area (Å²) >= 11 is 0. The van der Waals surface area contributed by atoms with Gasteiger partial charge in [-0.25, -0.2) is 0 Å². The molecule has 0 saturated heterocycles. The highest BCUT2D eigenvalue weighted by Gasteiger charge is 2.29. The van der Waals surface area contributed by atoms with Gasteiger partial charge in [0, 0.05) is 37.7 Å². The van der Waals surface area contributed by atoms with Crippen LogP contribution in [0.25, 0.3) is 11.1 Å². The first-order valence-electron chi connectivity index (χ1n) is 17.9. The molecule has 266 valence electrons. The van der Waals surface area contributed by atoms with Crippen LogP contribution >= 0.6 is 0 Å². The van der Waals surface area contributed by atoms with Crippen molar-refractivity contribution in [2.45, 2.75) is 89.6 Å². The average Bonchev–Trinajstić information content (AvgIpc) is 4.05. The number of aliphatic carboxylic acids is 1. The molecule has 2 saturated carbocycles. The minimum atomic E-state index is -1.12. The molecule has 10 heteroatoms. The summed E-state index contributed by atoms with van der Waals surface area (Å²) < 4.78 is 0. The number of aromatic nitrogens is 2. The number of carboxylic acids is 1. The summed E-state index contributed by atoms with van der Waals surface area (Å²) in [4.78, 5) is 47.4. The van der Waals surface area contributed by atoms with E-state index in [4.69, 9.17) is 0 Å². The van der Waals surface area contributed by atoms with Crippen molar-refractivity contribution in [2.75, 3.05) is 18.5 Å². The summed E-state index contributed by atoms with van der Waals surface area (Å²) in [7, 11) is 0. The Labute approximate surface area is 298 Å². The molecule has 51 heavy (non-hydrogen) atoms. The number of aliphatic hydroxyl groups is 2. The highest BCUT2D eigenvalue weighted by molar-refractivity contribution is 6.04. The number of hydrogen-bond acceptors (Lipinski definition) is 8.